The molecular weight excluding hydrogens is 596 g/mol. The van der Waals surface area contributed by atoms with E-state index in [1.165, 1.54) is 12.4 Å². The highest BCUT2D eigenvalue weighted by atomic mass is 16.6. The number of pyridine rings is 2. The van der Waals surface area contributed by atoms with E-state index in [1.807, 2.05) is 13.0 Å². The van der Waals surface area contributed by atoms with Gasteiger partial charge in [-0.1, -0.05) is 36.5 Å². The fourth-order valence-electron chi connectivity index (χ4n) is 7.39. The number of carbonyl (C=O) groups is 3. The Morgan fingerprint density at radius 2 is 1.66 bits per heavy atom. The van der Waals surface area contributed by atoms with Crippen molar-refractivity contribution in [2.24, 2.45) is 11.3 Å². The van der Waals surface area contributed by atoms with Crippen LogP contribution in [0.2, 0.25) is 0 Å². The van der Waals surface area contributed by atoms with Crippen molar-refractivity contribution in [1.82, 2.24) is 9.97 Å². The van der Waals surface area contributed by atoms with Crippen molar-refractivity contribution >= 4 is 17.9 Å². The second-order valence-electron chi connectivity index (χ2n) is 13.8. The fourth-order valence-corrected chi connectivity index (χ4v) is 7.39. The van der Waals surface area contributed by atoms with Gasteiger partial charge in [0, 0.05) is 43.5 Å². The maximum Gasteiger partial charge on any atom is 0.340 e. The minimum Gasteiger partial charge on any atom is -0.465 e. The molecule has 0 bridgehead atoms. The summed E-state index contributed by atoms with van der Waals surface area (Å²) in [4.78, 5) is 48.9. The van der Waals surface area contributed by atoms with Gasteiger partial charge in [-0.2, -0.15) is 0 Å². The highest BCUT2D eigenvalue weighted by Crippen LogP contribution is 2.57. The van der Waals surface area contributed by atoms with Crippen LogP contribution < -0.4 is 0 Å². The maximum absolute atomic E-state index is 13.7. The molecule has 0 spiro atoms. The molecule has 9 heteroatoms. The fraction of sp³-hybridized carbons (Fsp3) is 0.553. The van der Waals surface area contributed by atoms with Crippen LogP contribution in [0, 0.1) is 11.3 Å². The average molecular weight is 645 g/mol. The minimum absolute atomic E-state index is 0.00212. The number of unbranched alkanes of at least 4 members (excludes halogenated alkanes) is 2. The SMILES string of the molecule is CCCCCC(=O)OCC12CCC(=C(C)C)C1C(OC(=O)c1cccnc1)CC1(C)OC1CCC(C)=CC2OC(=O)c1cccnc1. The lowest BCUT2D eigenvalue weighted by atomic mass is 9.68. The van der Waals surface area contributed by atoms with Gasteiger partial charge >= 0.3 is 17.9 Å². The molecule has 3 aliphatic rings. The summed E-state index contributed by atoms with van der Waals surface area (Å²) >= 11 is 0. The second-order valence-corrected chi connectivity index (χ2v) is 13.8. The Balaban J connectivity index is 1.63. The molecule has 5 rings (SSSR count). The number of hydrogen-bond acceptors (Lipinski definition) is 9. The van der Waals surface area contributed by atoms with E-state index < -0.39 is 41.1 Å². The largest absolute Gasteiger partial charge is 0.465 e. The Kier molecular flexibility index (Phi) is 11.0. The number of rotatable bonds is 10. The molecule has 1 aliphatic heterocycles. The Hall–Kier alpha value is -3.85. The number of ether oxygens (including phenoxy) is 4. The summed E-state index contributed by atoms with van der Waals surface area (Å²) in [6.45, 7) is 10.3. The van der Waals surface area contributed by atoms with E-state index in [9.17, 15) is 14.4 Å². The van der Waals surface area contributed by atoms with Gasteiger partial charge in [-0.3, -0.25) is 14.8 Å². The van der Waals surface area contributed by atoms with Crippen molar-refractivity contribution in [3.63, 3.8) is 0 Å². The molecule has 0 N–H and O–H groups in total. The van der Waals surface area contributed by atoms with Gasteiger partial charge in [0.2, 0.25) is 0 Å². The van der Waals surface area contributed by atoms with Gasteiger partial charge in [-0.25, -0.2) is 9.59 Å². The van der Waals surface area contributed by atoms with E-state index in [2.05, 4.69) is 37.7 Å². The van der Waals surface area contributed by atoms with E-state index in [1.54, 1.807) is 36.7 Å². The standard InChI is InChI=1S/C38H48N2O7/c1-6-7-8-13-33(41)44-24-38-17-16-29(25(2)3)34(38)30(45-35(42)27-11-9-18-39-22-27)21-37(5)31(47-37)15-14-26(4)20-32(38)46-36(43)28-12-10-19-40-23-28/h9-12,18-20,22-23,30-32,34H,6-8,13-17,21,24H2,1-5H3. The zero-order valence-electron chi connectivity index (χ0n) is 28.3. The van der Waals surface area contributed by atoms with Crippen LogP contribution in [-0.2, 0) is 23.7 Å². The summed E-state index contributed by atoms with van der Waals surface area (Å²) in [5.41, 5.74) is 2.53. The molecule has 0 amide bonds. The number of epoxide rings is 1. The van der Waals surface area contributed by atoms with Crippen molar-refractivity contribution in [1.29, 1.82) is 0 Å². The molecular formula is C38H48N2O7. The van der Waals surface area contributed by atoms with Crippen LogP contribution in [-0.4, -0.2) is 58.4 Å². The number of nitrogens with zero attached hydrogens (tertiary/aromatic N) is 2. The van der Waals surface area contributed by atoms with E-state index in [0.717, 1.165) is 48.8 Å². The number of esters is 3. The third kappa shape index (κ3) is 8.00. The molecule has 0 radical (unpaired) electrons. The lowest BCUT2D eigenvalue weighted by molar-refractivity contribution is -0.153. The summed E-state index contributed by atoms with van der Waals surface area (Å²) < 4.78 is 25.4. The molecule has 9 nitrogen and oxygen atoms in total. The molecule has 6 atom stereocenters. The molecule has 2 fully saturated rings. The predicted molar refractivity (Wildman–Crippen MR) is 176 cm³/mol. The van der Waals surface area contributed by atoms with Crippen molar-refractivity contribution in [3.8, 4) is 0 Å². The summed E-state index contributed by atoms with van der Waals surface area (Å²) in [6.07, 6.45) is 13.0. The lowest BCUT2D eigenvalue weighted by Crippen LogP contribution is -2.50. The van der Waals surface area contributed by atoms with E-state index in [0.29, 0.717) is 36.8 Å². The first kappa shape index (κ1) is 34.5. The third-order valence-electron chi connectivity index (χ3n) is 10.1. The van der Waals surface area contributed by atoms with Gasteiger partial charge in [0.05, 0.1) is 28.2 Å². The number of aromatic nitrogens is 2. The summed E-state index contributed by atoms with van der Waals surface area (Å²) in [7, 11) is 0. The molecule has 47 heavy (non-hydrogen) atoms. The monoisotopic (exact) mass is 644 g/mol. The van der Waals surface area contributed by atoms with Crippen molar-refractivity contribution in [3.05, 3.63) is 83.0 Å². The van der Waals surface area contributed by atoms with Crippen LogP contribution in [0.4, 0.5) is 0 Å². The molecule has 252 valence electrons. The topological polar surface area (TPSA) is 117 Å². The van der Waals surface area contributed by atoms with Gasteiger partial charge in [-0.05, 0) is 90.1 Å². The molecule has 2 aromatic heterocycles. The zero-order chi connectivity index (χ0) is 33.6. The lowest BCUT2D eigenvalue weighted by Gasteiger charge is -2.43. The quantitative estimate of drug-likeness (QED) is 0.0859. The highest BCUT2D eigenvalue weighted by molar-refractivity contribution is 5.89. The van der Waals surface area contributed by atoms with Crippen molar-refractivity contribution in [2.45, 2.75) is 116 Å². The first-order valence-corrected chi connectivity index (χ1v) is 17.0. The summed E-state index contributed by atoms with van der Waals surface area (Å²) in [5.74, 6) is -1.71. The van der Waals surface area contributed by atoms with Crippen LogP contribution in [0.3, 0.4) is 0 Å². The molecule has 0 aromatic carbocycles. The van der Waals surface area contributed by atoms with Crippen molar-refractivity contribution < 1.29 is 33.3 Å². The summed E-state index contributed by atoms with van der Waals surface area (Å²) in [5, 5.41) is 0. The number of hydrogen-bond donors (Lipinski definition) is 0. The average Bonchev–Trinajstić information content (AvgIpc) is 3.53. The molecule has 6 unspecified atom stereocenters. The molecule has 1 saturated carbocycles. The maximum atomic E-state index is 13.7. The van der Waals surface area contributed by atoms with E-state index in [-0.39, 0.29) is 18.7 Å². The number of fused-ring (bicyclic) bond motifs is 2. The summed E-state index contributed by atoms with van der Waals surface area (Å²) in [6, 6.07) is 6.76. The zero-order valence-corrected chi connectivity index (χ0v) is 28.3. The normalized spacial score (nSPS) is 28.5. The van der Waals surface area contributed by atoms with Crippen molar-refractivity contribution in [2.75, 3.05) is 6.61 Å². The van der Waals surface area contributed by atoms with Crippen LogP contribution in [0.25, 0.3) is 0 Å². The smallest absolute Gasteiger partial charge is 0.340 e. The van der Waals surface area contributed by atoms with Crippen LogP contribution in [0.1, 0.15) is 113 Å². The van der Waals surface area contributed by atoms with Gasteiger partial charge in [0.25, 0.3) is 0 Å². The molecule has 3 heterocycles. The van der Waals surface area contributed by atoms with Gasteiger partial charge in [0.1, 0.15) is 18.8 Å². The molecule has 1 saturated heterocycles. The molecule has 2 aliphatic carbocycles. The Morgan fingerprint density at radius 3 is 2.28 bits per heavy atom. The number of carbonyl (C=O) groups excluding carboxylic acids is 3. The van der Waals surface area contributed by atoms with Gasteiger partial charge in [-0.15, -0.1) is 0 Å². The van der Waals surface area contributed by atoms with Crippen LogP contribution in [0.15, 0.2) is 71.8 Å². The Morgan fingerprint density at radius 1 is 0.979 bits per heavy atom. The van der Waals surface area contributed by atoms with Gasteiger partial charge in [0.15, 0.2) is 0 Å². The van der Waals surface area contributed by atoms with E-state index in [4.69, 9.17) is 18.9 Å². The highest BCUT2D eigenvalue weighted by Gasteiger charge is 2.61. The van der Waals surface area contributed by atoms with Crippen LogP contribution >= 0.6 is 0 Å². The first-order valence-electron chi connectivity index (χ1n) is 17.0. The third-order valence-corrected chi connectivity index (χ3v) is 10.1. The van der Waals surface area contributed by atoms with Crippen LogP contribution in [0.5, 0.6) is 0 Å². The number of allylic oxidation sites excluding steroid dienone is 2. The van der Waals surface area contributed by atoms with Gasteiger partial charge < -0.3 is 18.9 Å². The Labute approximate surface area is 278 Å². The Bertz CT molecular complexity index is 1490. The second kappa shape index (κ2) is 14.9. The minimum atomic E-state index is -0.920. The molecule has 2 aromatic rings. The first-order chi connectivity index (χ1) is 22.6. The van der Waals surface area contributed by atoms with E-state index >= 15 is 0 Å². The predicted octanol–water partition coefficient (Wildman–Crippen LogP) is 7.37.